The Morgan fingerprint density at radius 2 is 1.70 bits per heavy atom. The molecule has 0 unspecified atom stereocenters. The van der Waals surface area contributed by atoms with Crippen LogP contribution in [0.1, 0.15) is 44.3 Å². The van der Waals surface area contributed by atoms with E-state index in [4.69, 9.17) is 25.8 Å². The third kappa shape index (κ3) is 4.61. The number of halogens is 1. The second-order valence-corrected chi connectivity index (χ2v) is 7.94. The lowest BCUT2D eigenvalue weighted by molar-refractivity contribution is 0.0962. The Kier molecular flexibility index (Phi) is 6.46. The predicted octanol–water partition coefficient (Wildman–Crippen LogP) is 4.32. The maximum absolute atomic E-state index is 12.9. The summed E-state index contributed by atoms with van der Waals surface area (Å²) in [7, 11) is 4.43. The lowest BCUT2D eigenvalue weighted by Crippen LogP contribution is -2.22. The van der Waals surface area contributed by atoms with Crippen molar-refractivity contribution in [1.82, 2.24) is 9.97 Å². The quantitative estimate of drug-likeness (QED) is 0.576. The molecule has 1 heterocycles. The van der Waals surface area contributed by atoms with Crippen molar-refractivity contribution in [2.24, 2.45) is 0 Å². The monoisotopic (exact) mass is 467 g/mol. The first kappa shape index (κ1) is 22.5. The normalized spacial score (nSPS) is 14.9. The van der Waals surface area contributed by atoms with Gasteiger partial charge in [-0.3, -0.25) is 14.9 Å². The maximum Gasteiger partial charge on any atom is 0.258 e. The Morgan fingerprint density at radius 1 is 1.03 bits per heavy atom. The second kappa shape index (κ2) is 9.46. The van der Waals surface area contributed by atoms with Gasteiger partial charge in [0.05, 0.1) is 32.6 Å². The van der Waals surface area contributed by atoms with Crippen molar-refractivity contribution < 1.29 is 23.8 Å². The summed E-state index contributed by atoms with van der Waals surface area (Å²) < 4.78 is 15.9. The number of methoxy groups -OCH3 is 3. The molecule has 1 amide bonds. The topological polar surface area (TPSA) is 99.6 Å². The number of aromatic nitrogens is 2. The first-order valence-corrected chi connectivity index (χ1v) is 10.6. The lowest BCUT2D eigenvalue weighted by atomic mass is 9.82. The van der Waals surface area contributed by atoms with Crippen LogP contribution in [0.4, 0.5) is 5.95 Å². The lowest BCUT2D eigenvalue weighted by Gasteiger charge is -2.23. The highest BCUT2D eigenvalue weighted by Crippen LogP contribution is 2.38. The van der Waals surface area contributed by atoms with Crippen molar-refractivity contribution in [2.75, 3.05) is 26.6 Å². The molecule has 0 aliphatic heterocycles. The fraction of sp³-hybridized carbons (Fsp3) is 0.250. The Labute approximate surface area is 195 Å². The molecule has 33 heavy (non-hydrogen) atoms. The number of rotatable bonds is 6. The van der Waals surface area contributed by atoms with Crippen molar-refractivity contribution in [1.29, 1.82) is 0 Å². The van der Waals surface area contributed by atoms with Gasteiger partial charge < -0.3 is 14.2 Å². The van der Waals surface area contributed by atoms with E-state index < -0.39 is 5.91 Å². The highest BCUT2D eigenvalue weighted by atomic mass is 35.5. The van der Waals surface area contributed by atoms with Gasteiger partial charge >= 0.3 is 0 Å². The van der Waals surface area contributed by atoms with Crippen LogP contribution in [-0.2, 0) is 6.42 Å². The second-order valence-electron chi connectivity index (χ2n) is 7.50. The average molecular weight is 468 g/mol. The minimum atomic E-state index is -0.453. The molecule has 1 aliphatic carbocycles. The molecular formula is C24H22ClN3O5. The van der Waals surface area contributed by atoms with Crippen LogP contribution in [-0.4, -0.2) is 43.0 Å². The zero-order valence-corrected chi connectivity index (χ0v) is 19.1. The summed E-state index contributed by atoms with van der Waals surface area (Å²) in [6.45, 7) is 0. The number of anilines is 1. The minimum Gasteiger partial charge on any atom is -0.493 e. The van der Waals surface area contributed by atoms with E-state index in [1.165, 1.54) is 39.7 Å². The van der Waals surface area contributed by atoms with Crippen LogP contribution in [0.15, 0.2) is 42.6 Å². The number of carbonyl (C=O) groups excluding carboxylic acids is 2. The summed E-state index contributed by atoms with van der Waals surface area (Å²) in [6, 6.07) is 10.5. The van der Waals surface area contributed by atoms with Crippen molar-refractivity contribution in [3.05, 3.63) is 70.0 Å². The molecule has 9 heteroatoms. The standard InChI is InChI=1S/C24H22ClN3O5/c1-31-20-10-15(11-21(32-2)22(20)33-3)23(30)28-24-26-12-17-18(27-24)8-14(9-19(17)29)13-4-6-16(25)7-5-13/h4-7,10-12,14H,8-9H2,1-3H3,(H,26,27,28,30)/t14-/m1/s1. The van der Waals surface area contributed by atoms with E-state index in [1.54, 1.807) is 12.1 Å². The summed E-state index contributed by atoms with van der Waals surface area (Å²) in [5, 5.41) is 3.32. The molecule has 0 radical (unpaired) electrons. The number of nitrogens with one attached hydrogen (secondary N) is 1. The predicted molar refractivity (Wildman–Crippen MR) is 123 cm³/mol. The zero-order valence-electron chi connectivity index (χ0n) is 18.3. The molecule has 1 atom stereocenters. The van der Waals surface area contributed by atoms with E-state index in [0.717, 1.165) is 5.56 Å². The molecular weight excluding hydrogens is 446 g/mol. The van der Waals surface area contributed by atoms with Gasteiger partial charge in [0, 0.05) is 23.2 Å². The van der Waals surface area contributed by atoms with Crippen LogP contribution >= 0.6 is 11.6 Å². The van der Waals surface area contributed by atoms with Crippen LogP contribution in [0.5, 0.6) is 17.2 Å². The van der Waals surface area contributed by atoms with Crippen molar-refractivity contribution in [3.8, 4) is 17.2 Å². The van der Waals surface area contributed by atoms with E-state index in [2.05, 4.69) is 15.3 Å². The van der Waals surface area contributed by atoms with E-state index in [-0.39, 0.29) is 23.2 Å². The molecule has 0 spiro atoms. The molecule has 3 aromatic rings. The number of benzene rings is 2. The molecule has 2 aromatic carbocycles. The largest absolute Gasteiger partial charge is 0.493 e. The third-order valence-corrected chi connectivity index (χ3v) is 5.79. The number of nitrogens with zero attached hydrogens (tertiary/aromatic N) is 2. The number of ether oxygens (including phenoxy) is 3. The van der Waals surface area contributed by atoms with Gasteiger partial charge in [-0.1, -0.05) is 23.7 Å². The Balaban J connectivity index is 1.58. The molecule has 0 saturated carbocycles. The Hall–Kier alpha value is -3.65. The van der Waals surface area contributed by atoms with Gasteiger partial charge in [0.15, 0.2) is 17.3 Å². The van der Waals surface area contributed by atoms with Crippen molar-refractivity contribution in [3.63, 3.8) is 0 Å². The smallest absolute Gasteiger partial charge is 0.258 e. The van der Waals surface area contributed by atoms with Gasteiger partial charge in [-0.05, 0) is 42.2 Å². The molecule has 1 aliphatic rings. The minimum absolute atomic E-state index is 0.0178. The Bertz CT molecular complexity index is 1190. The van der Waals surface area contributed by atoms with Crippen molar-refractivity contribution in [2.45, 2.75) is 18.8 Å². The van der Waals surface area contributed by atoms with Gasteiger partial charge in [-0.2, -0.15) is 0 Å². The van der Waals surface area contributed by atoms with E-state index in [9.17, 15) is 9.59 Å². The number of carbonyl (C=O) groups is 2. The van der Waals surface area contributed by atoms with E-state index in [0.29, 0.717) is 46.4 Å². The number of Topliss-reactive ketones (excluding diaryl/α,β-unsaturated/α-hetero) is 1. The van der Waals surface area contributed by atoms with Gasteiger partial charge in [0.25, 0.3) is 5.91 Å². The molecule has 4 rings (SSSR count). The molecule has 0 bridgehead atoms. The average Bonchev–Trinajstić information content (AvgIpc) is 2.83. The van der Waals surface area contributed by atoms with Gasteiger partial charge in [0.2, 0.25) is 11.7 Å². The maximum atomic E-state index is 12.9. The first-order valence-electron chi connectivity index (χ1n) is 10.2. The number of ketones is 1. The Morgan fingerprint density at radius 3 is 2.30 bits per heavy atom. The van der Waals surface area contributed by atoms with E-state index >= 15 is 0 Å². The van der Waals surface area contributed by atoms with Crippen LogP contribution in [0.25, 0.3) is 0 Å². The summed E-state index contributed by atoms with van der Waals surface area (Å²) in [4.78, 5) is 34.2. The number of amides is 1. The molecule has 8 nitrogen and oxygen atoms in total. The summed E-state index contributed by atoms with van der Waals surface area (Å²) in [5.74, 6) is 0.694. The summed E-state index contributed by atoms with van der Waals surface area (Å²) in [6.07, 6.45) is 2.39. The third-order valence-electron chi connectivity index (χ3n) is 5.53. The summed E-state index contributed by atoms with van der Waals surface area (Å²) in [5.41, 5.74) is 2.37. The van der Waals surface area contributed by atoms with Crippen molar-refractivity contribution >= 4 is 29.2 Å². The number of hydrogen-bond acceptors (Lipinski definition) is 7. The highest BCUT2D eigenvalue weighted by Gasteiger charge is 2.28. The molecule has 1 N–H and O–H groups in total. The van der Waals surface area contributed by atoms with Crippen LogP contribution < -0.4 is 19.5 Å². The van der Waals surface area contributed by atoms with Crippen LogP contribution in [0, 0.1) is 0 Å². The molecule has 170 valence electrons. The zero-order chi connectivity index (χ0) is 23.5. The fourth-order valence-electron chi connectivity index (χ4n) is 3.86. The van der Waals surface area contributed by atoms with Gasteiger partial charge in [-0.15, -0.1) is 0 Å². The highest BCUT2D eigenvalue weighted by molar-refractivity contribution is 6.30. The summed E-state index contributed by atoms with van der Waals surface area (Å²) >= 11 is 5.98. The number of hydrogen-bond donors (Lipinski definition) is 1. The van der Waals surface area contributed by atoms with Gasteiger partial charge in [0.1, 0.15) is 0 Å². The van der Waals surface area contributed by atoms with Crippen LogP contribution in [0.2, 0.25) is 5.02 Å². The fourth-order valence-corrected chi connectivity index (χ4v) is 3.99. The SMILES string of the molecule is COc1cc(C(=O)Nc2ncc3c(n2)C[C@@H](c2ccc(Cl)cc2)CC3=O)cc(OC)c1OC. The molecule has 0 fully saturated rings. The van der Waals surface area contributed by atoms with E-state index in [1.807, 2.05) is 12.1 Å². The number of fused-ring (bicyclic) bond motifs is 1. The molecule has 1 aromatic heterocycles. The first-order chi connectivity index (χ1) is 15.9. The van der Waals surface area contributed by atoms with Crippen LogP contribution in [0.3, 0.4) is 0 Å². The molecule has 0 saturated heterocycles. The van der Waals surface area contributed by atoms with Gasteiger partial charge in [-0.25, -0.2) is 9.97 Å².